The number of aromatic nitrogens is 2. The minimum absolute atomic E-state index is 0.943. The van der Waals surface area contributed by atoms with E-state index in [4.69, 9.17) is 0 Å². The molecule has 1 aromatic carbocycles. The average molecular weight is 378 g/mol. The van der Waals surface area contributed by atoms with Crippen molar-refractivity contribution in [2.45, 2.75) is 34.1 Å². The lowest BCUT2D eigenvalue weighted by Crippen LogP contribution is -1.98. The van der Waals surface area contributed by atoms with E-state index in [-0.39, 0.29) is 0 Å². The molecule has 2 rings (SSSR count). The molecule has 0 unspecified atom stereocenters. The first kappa shape index (κ1) is 15.2. The maximum Gasteiger partial charge on any atom is 0.0946 e. The Kier molecular flexibility index (Phi) is 4.91. The minimum Gasteiger partial charge on any atom is -0.155 e. The summed E-state index contributed by atoms with van der Waals surface area (Å²) >= 11 is 2.34. The lowest BCUT2D eigenvalue weighted by molar-refractivity contribution is 0.975. The van der Waals surface area contributed by atoms with Crippen molar-refractivity contribution in [3.8, 4) is 11.3 Å². The first-order chi connectivity index (χ1) is 9.54. The van der Waals surface area contributed by atoms with Gasteiger partial charge in [0, 0.05) is 14.7 Å². The van der Waals surface area contributed by atoms with E-state index in [0.29, 0.717) is 0 Å². The van der Waals surface area contributed by atoms with Crippen molar-refractivity contribution in [2.75, 3.05) is 0 Å². The molecule has 2 nitrogen and oxygen atoms in total. The largest absolute Gasteiger partial charge is 0.155 e. The van der Waals surface area contributed by atoms with Crippen LogP contribution in [0.2, 0.25) is 0 Å². The van der Waals surface area contributed by atoms with E-state index in [2.05, 4.69) is 71.8 Å². The first-order valence-electron chi connectivity index (χ1n) is 6.80. The SMILES string of the molecule is CC/C(C)=C(\C)c1cc(-c2ccccc2I)nnc1C. The van der Waals surface area contributed by atoms with Gasteiger partial charge in [0.1, 0.15) is 0 Å². The zero-order chi connectivity index (χ0) is 14.7. The highest BCUT2D eigenvalue weighted by Crippen LogP contribution is 2.28. The van der Waals surface area contributed by atoms with Gasteiger partial charge in [-0.05, 0) is 67.5 Å². The second-order valence-corrected chi connectivity index (χ2v) is 6.13. The number of allylic oxidation sites excluding steroid dienone is 2. The number of rotatable bonds is 3. The fourth-order valence-corrected chi connectivity index (χ4v) is 2.79. The molecule has 20 heavy (non-hydrogen) atoms. The molecule has 104 valence electrons. The Labute approximate surface area is 134 Å². The van der Waals surface area contributed by atoms with E-state index in [1.165, 1.54) is 20.3 Å². The predicted octanol–water partition coefficient (Wildman–Crippen LogP) is 5.26. The zero-order valence-electron chi connectivity index (χ0n) is 12.4. The molecule has 0 radical (unpaired) electrons. The highest BCUT2D eigenvalue weighted by Gasteiger charge is 2.10. The fraction of sp³-hybridized carbons (Fsp3) is 0.294. The van der Waals surface area contributed by atoms with Crippen LogP contribution in [0.3, 0.4) is 0 Å². The number of nitrogens with zero attached hydrogens (tertiary/aromatic N) is 2. The van der Waals surface area contributed by atoms with Crippen molar-refractivity contribution >= 4 is 28.2 Å². The van der Waals surface area contributed by atoms with Crippen LogP contribution in [-0.4, -0.2) is 10.2 Å². The molecule has 0 aliphatic rings. The number of halogens is 1. The molecule has 0 amide bonds. The number of hydrogen-bond acceptors (Lipinski definition) is 2. The van der Waals surface area contributed by atoms with Gasteiger partial charge in [-0.3, -0.25) is 0 Å². The maximum absolute atomic E-state index is 4.36. The van der Waals surface area contributed by atoms with Crippen molar-refractivity contribution in [2.24, 2.45) is 0 Å². The summed E-state index contributed by atoms with van der Waals surface area (Å²) < 4.78 is 1.20. The molecule has 0 bridgehead atoms. The third kappa shape index (κ3) is 3.08. The van der Waals surface area contributed by atoms with Gasteiger partial charge in [-0.25, -0.2) is 0 Å². The summed E-state index contributed by atoms with van der Waals surface area (Å²) in [5.41, 5.74) is 6.99. The quantitative estimate of drug-likeness (QED) is 0.681. The van der Waals surface area contributed by atoms with Gasteiger partial charge >= 0.3 is 0 Å². The molecule has 0 saturated heterocycles. The molecular formula is C17H19IN2. The topological polar surface area (TPSA) is 25.8 Å². The third-order valence-electron chi connectivity index (χ3n) is 3.70. The lowest BCUT2D eigenvalue weighted by Gasteiger charge is -2.11. The molecule has 0 spiro atoms. The molecular weight excluding hydrogens is 359 g/mol. The summed E-state index contributed by atoms with van der Waals surface area (Å²) in [5, 5.41) is 8.71. The summed E-state index contributed by atoms with van der Waals surface area (Å²) in [6.45, 7) is 8.56. The molecule has 0 aliphatic heterocycles. The van der Waals surface area contributed by atoms with E-state index in [9.17, 15) is 0 Å². The van der Waals surface area contributed by atoms with E-state index in [1.54, 1.807) is 0 Å². The Bertz CT molecular complexity index is 660. The van der Waals surface area contributed by atoms with Crippen molar-refractivity contribution in [3.05, 3.63) is 50.7 Å². The van der Waals surface area contributed by atoms with Crippen LogP contribution in [0.5, 0.6) is 0 Å². The molecule has 0 saturated carbocycles. The van der Waals surface area contributed by atoms with Gasteiger partial charge in [0.15, 0.2) is 0 Å². The van der Waals surface area contributed by atoms with E-state index < -0.39 is 0 Å². The van der Waals surface area contributed by atoms with Gasteiger partial charge in [-0.15, -0.1) is 0 Å². The summed E-state index contributed by atoms with van der Waals surface area (Å²) in [6, 6.07) is 10.4. The number of benzene rings is 1. The van der Waals surface area contributed by atoms with E-state index in [1.807, 2.05) is 19.1 Å². The van der Waals surface area contributed by atoms with Crippen molar-refractivity contribution in [1.29, 1.82) is 0 Å². The van der Waals surface area contributed by atoms with Gasteiger partial charge in [0.05, 0.1) is 11.4 Å². The molecule has 0 N–H and O–H groups in total. The van der Waals surface area contributed by atoms with Gasteiger partial charge in [-0.2, -0.15) is 10.2 Å². The molecule has 2 aromatic rings. The maximum atomic E-state index is 4.36. The number of hydrogen-bond donors (Lipinski definition) is 0. The minimum atomic E-state index is 0.943. The molecule has 1 heterocycles. The Morgan fingerprint density at radius 1 is 1.15 bits per heavy atom. The van der Waals surface area contributed by atoms with Crippen LogP contribution in [0.15, 0.2) is 35.9 Å². The van der Waals surface area contributed by atoms with Gasteiger partial charge in [0.2, 0.25) is 0 Å². The summed E-state index contributed by atoms with van der Waals surface area (Å²) in [4.78, 5) is 0. The van der Waals surface area contributed by atoms with Crippen molar-refractivity contribution in [3.63, 3.8) is 0 Å². The highest BCUT2D eigenvalue weighted by atomic mass is 127. The van der Waals surface area contributed by atoms with Crippen LogP contribution >= 0.6 is 22.6 Å². The van der Waals surface area contributed by atoms with Crippen LogP contribution in [0.1, 0.15) is 38.4 Å². The Morgan fingerprint density at radius 3 is 2.50 bits per heavy atom. The van der Waals surface area contributed by atoms with Crippen LogP contribution < -0.4 is 0 Å². The summed E-state index contributed by atoms with van der Waals surface area (Å²) in [5.74, 6) is 0. The zero-order valence-corrected chi connectivity index (χ0v) is 14.5. The molecule has 1 aromatic heterocycles. The first-order valence-corrected chi connectivity index (χ1v) is 7.88. The van der Waals surface area contributed by atoms with Crippen molar-refractivity contribution in [1.82, 2.24) is 10.2 Å². The monoisotopic (exact) mass is 378 g/mol. The third-order valence-corrected chi connectivity index (χ3v) is 4.64. The molecule has 3 heteroatoms. The fourth-order valence-electron chi connectivity index (χ4n) is 2.13. The molecule has 0 fully saturated rings. The molecule has 0 aliphatic carbocycles. The molecule has 0 atom stereocenters. The van der Waals surface area contributed by atoms with Gasteiger partial charge in [-0.1, -0.05) is 30.7 Å². The predicted molar refractivity (Wildman–Crippen MR) is 93.5 cm³/mol. The Balaban J connectivity index is 2.58. The normalized spacial score (nSPS) is 12.2. The van der Waals surface area contributed by atoms with E-state index in [0.717, 1.165) is 23.4 Å². The van der Waals surface area contributed by atoms with Gasteiger partial charge < -0.3 is 0 Å². The van der Waals surface area contributed by atoms with Crippen LogP contribution in [0.4, 0.5) is 0 Å². The smallest absolute Gasteiger partial charge is 0.0946 e. The lowest BCUT2D eigenvalue weighted by atomic mass is 9.98. The van der Waals surface area contributed by atoms with Crippen molar-refractivity contribution < 1.29 is 0 Å². The Morgan fingerprint density at radius 2 is 1.85 bits per heavy atom. The Hall–Kier alpha value is -1.23. The average Bonchev–Trinajstić information content (AvgIpc) is 2.47. The summed E-state index contributed by atoms with van der Waals surface area (Å²) in [7, 11) is 0. The van der Waals surface area contributed by atoms with E-state index >= 15 is 0 Å². The second kappa shape index (κ2) is 6.48. The summed E-state index contributed by atoms with van der Waals surface area (Å²) in [6.07, 6.45) is 1.06. The van der Waals surface area contributed by atoms with Crippen LogP contribution in [-0.2, 0) is 0 Å². The standard InChI is InChI=1S/C17H19IN2/c1-5-11(2)12(3)15-10-17(20-19-13(15)4)14-8-6-7-9-16(14)18/h6-10H,5H2,1-4H3/b12-11+. The second-order valence-electron chi connectivity index (χ2n) is 4.97. The highest BCUT2D eigenvalue weighted by molar-refractivity contribution is 14.1. The van der Waals surface area contributed by atoms with Crippen LogP contribution in [0, 0.1) is 10.5 Å². The van der Waals surface area contributed by atoms with Gasteiger partial charge in [0.25, 0.3) is 0 Å². The van der Waals surface area contributed by atoms with Crippen LogP contribution in [0.25, 0.3) is 16.8 Å². The number of aryl methyl sites for hydroxylation is 1.